The molecule has 1 aromatic carbocycles. The Morgan fingerprint density at radius 2 is 1.86 bits per heavy atom. The molecule has 0 spiro atoms. The van der Waals surface area contributed by atoms with Crippen molar-refractivity contribution in [3.63, 3.8) is 0 Å². The average Bonchev–Trinajstić information content (AvgIpc) is 2.41. The summed E-state index contributed by atoms with van der Waals surface area (Å²) in [5.41, 5.74) is 2.31. The summed E-state index contributed by atoms with van der Waals surface area (Å²) < 4.78 is 1.60. The standard InChI is InChI=1S/C17H20N2O2/c1-5-19-13-8-7-12-11(6-9-15(21)18(12)4)16(13)14(20)10-17(19,2)3/h6-9H,5,10H2,1-4H3. The van der Waals surface area contributed by atoms with Gasteiger partial charge >= 0.3 is 0 Å². The van der Waals surface area contributed by atoms with Gasteiger partial charge in [-0.1, -0.05) is 0 Å². The molecule has 0 radical (unpaired) electrons. The fourth-order valence-electron chi connectivity index (χ4n) is 3.46. The Kier molecular flexibility index (Phi) is 2.94. The van der Waals surface area contributed by atoms with Crippen LogP contribution < -0.4 is 10.5 Å². The number of carbonyl (C=O) groups is 1. The van der Waals surface area contributed by atoms with E-state index in [-0.39, 0.29) is 16.9 Å². The molecule has 4 nitrogen and oxygen atoms in total. The lowest BCUT2D eigenvalue weighted by Crippen LogP contribution is -2.49. The van der Waals surface area contributed by atoms with Crippen molar-refractivity contribution in [3.05, 3.63) is 40.2 Å². The highest BCUT2D eigenvalue weighted by atomic mass is 16.1. The molecule has 0 fully saturated rings. The van der Waals surface area contributed by atoms with Crippen molar-refractivity contribution in [1.82, 2.24) is 4.57 Å². The summed E-state index contributed by atoms with van der Waals surface area (Å²) >= 11 is 0. The van der Waals surface area contributed by atoms with Gasteiger partial charge in [0.05, 0.1) is 11.1 Å². The smallest absolute Gasteiger partial charge is 0.250 e. The number of aromatic nitrogens is 1. The summed E-state index contributed by atoms with van der Waals surface area (Å²) in [7, 11) is 1.74. The van der Waals surface area contributed by atoms with Crippen LogP contribution in [0.1, 0.15) is 37.6 Å². The van der Waals surface area contributed by atoms with E-state index in [0.717, 1.165) is 28.7 Å². The summed E-state index contributed by atoms with van der Waals surface area (Å²) in [5.74, 6) is 0.156. The molecule has 0 N–H and O–H groups in total. The van der Waals surface area contributed by atoms with Crippen molar-refractivity contribution in [2.75, 3.05) is 11.4 Å². The Hall–Kier alpha value is -2.10. The van der Waals surface area contributed by atoms with Gasteiger partial charge in [0.2, 0.25) is 0 Å². The second-order valence-corrected chi connectivity index (χ2v) is 6.28. The first-order valence-electron chi connectivity index (χ1n) is 7.30. The maximum absolute atomic E-state index is 12.7. The third-order valence-electron chi connectivity index (χ3n) is 4.49. The maximum Gasteiger partial charge on any atom is 0.250 e. The molecule has 0 saturated heterocycles. The molecule has 2 heterocycles. The number of hydrogen-bond donors (Lipinski definition) is 0. The van der Waals surface area contributed by atoms with E-state index in [2.05, 4.69) is 25.7 Å². The predicted octanol–water partition coefficient (Wildman–Crippen LogP) is 2.73. The van der Waals surface area contributed by atoms with Gasteiger partial charge in [-0.2, -0.15) is 0 Å². The summed E-state index contributed by atoms with van der Waals surface area (Å²) in [4.78, 5) is 26.7. The number of fused-ring (bicyclic) bond motifs is 3. The van der Waals surface area contributed by atoms with E-state index in [1.165, 1.54) is 6.07 Å². The van der Waals surface area contributed by atoms with Crippen LogP contribution in [0.15, 0.2) is 29.1 Å². The number of carbonyl (C=O) groups excluding carboxylic acids is 1. The first kappa shape index (κ1) is 13.9. The topological polar surface area (TPSA) is 42.3 Å². The molecule has 0 unspecified atom stereocenters. The molecule has 2 aromatic rings. The fourth-order valence-corrected chi connectivity index (χ4v) is 3.46. The van der Waals surface area contributed by atoms with Crippen LogP contribution in [0.4, 0.5) is 5.69 Å². The zero-order valence-electron chi connectivity index (χ0n) is 12.9. The Bertz CT molecular complexity index is 802. The number of pyridine rings is 1. The number of rotatable bonds is 1. The first-order valence-corrected chi connectivity index (χ1v) is 7.30. The zero-order valence-corrected chi connectivity index (χ0v) is 12.9. The van der Waals surface area contributed by atoms with E-state index in [1.54, 1.807) is 17.7 Å². The maximum atomic E-state index is 12.7. The van der Waals surface area contributed by atoms with Gasteiger partial charge in [0.25, 0.3) is 5.56 Å². The highest BCUT2D eigenvalue weighted by molar-refractivity contribution is 6.14. The van der Waals surface area contributed by atoms with Crippen molar-refractivity contribution in [3.8, 4) is 0 Å². The van der Waals surface area contributed by atoms with E-state index in [9.17, 15) is 9.59 Å². The van der Waals surface area contributed by atoms with Crippen LogP contribution in [0.25, 0.3) is 10.9 Å². The molecule has 4 heteroatoms. The van der Waals surface area contributed by atoms with Crippen LogP contribution in [0.2, 0.25) is 0 Å². The van der Waals surface area contributed by atoms with Crippen LogP contribution in [0, 0.1) is 0 Å². The Morgan fingerprint density at radius 1 is 1.14 bits per heavy atom. The largest absolute Gasteiger partial charge is 0.366 e. The summed E-state index contributed by atoms with van der Waals surface area (Å²) in [6.07, 6.45) is 0.496. The number of ketones is 1. The number of Topliss-reactive ketones (excluding diaryl/α,β-unsaturated/α-hetero) is 1. The van der Waals surface area contributed by atoms with E-state index >= 15 is 0 Å². The molecule has 1 aliphatic rings. The molecule has 1 aliphatic heterocycles. The number of hydrogen-bond acceptors (Lipinski definition) is 3. The molecule has 0 bridgehead atoms. The van der Waals surface area contributed by atoms with Crippen molar-refractivity contribution < 1.29 is 4.79 Å². The number of aryl methyl sites for hydroxylation is 1. The van der Waals surface area contributed by atoms with E-state index in [1.807, 2.05) is 12.1 Å². The summed E-state index contributed by atoms with van der Waals surface area (Å²) in [5, 5.41) is 0.869. The molecule has 1 aromatic heterocycles. The first-order chi connectivity index (χ1) is 9.86. The quantitative estimate of drug-likeness (QED) is 0.808. The highest BCUT2D eigenvalue weighted by Gasteiger charge is 2.37. The normalized spacial score (nSPS) is 17.1. The monoisotopic (exact) mass is 284 g/mol. The van der Waals surface area contributed by atoms with Crippen molar-refractivity contribution in [2.45, 2.75) is 32.7 Å². The SMILES string of the molecule is CCN1c2ccc3c(ccc(=O)n3C)c2C(=O)CC1(C)C. The Labute approximate surface area is 124 Å². The van der Waals surface area contributed by atoms with Crippen LogP contribution in [0.3, 0.4) is 0 Å². The van der Waals surface area contributed by atoms with E-state index in [0.29, 0.717) is 6.42 Å². The zero-order chi connectivity index (χ0) is 15.4. The van der Waals surface area contributed by atoms with Crippen molar-refractivity contribution in [2.24, 2.45) is 7.05 Å². The lowest BCUT2D eigenvalue weighted by atomic mass is 9.84. The van der Waals surface area contributed by atoms with Gasteiger partial charge < -0.3 is 9.47 Å². The van der Waals surface area contributed by atoms with Gasteiger partial charge in [-0.15, -0.1) is 0 Å². The molecule has 0 amide bonds. The molecular formula is C17H20N2O2. The van der Waals surface area contributed by atoms with Gasteiger partial charge in [-0.25, -0.2) is 0 Å². The Morgan fingerprint density at radius 3 is 2.52 bits per heavy atom. The van der Waals surface area contributed by atoms with Gasteiger partial charge in [-0.3, -0.25) is 9.59 Å². The van der Waals surface area contributed by atoms with Gasteiger partial charge in [0.15, 0.2) is 5.78 Å². The van der Waals surface area contributed by atoms with Crippen LogP contribution in [-0.2, 0) is 7.05 Å². The third-order valence-corrected chi connectivity index (χ3v) is 4.49. The van der Waals surface area contributed by atoms with Crippen LogP contribution >= 0.6 is 0 Å². The lowest BCUT2D eigenvalue weighted by Gasteiger charge is -2.44. The number of benzene rings is 1. The van der Waals surface area contributed by atoms with Crippen LogP contribution in [0.5, 0.6) is 0 Å². The second kappa shape index (κ2) is 4.45. The molecule has 21 heavy (non-hydrogen) atoms. The molecular weight excluding hydrogens is 264 g/mol. The van der Waals surface area contributed by atoms with Gasteiger partial charge in [0.1, 0.15) is 0 Å². The lowest BCUT2D eigenvalue weighted by molar-refractivity contribution is 0.0949. The minimum atomic E-state index is -0.173. The van der Waals surface area contributed by atoms with Gasteiger partial charge in [0, 0.05) is 42.7 Å². The minimum absolute atomic E-state index is 0.0571. The molecule has 0 atom stereocenters. The predicted molar refractivity (Wildman–Crippen MR) is 85.2 cm³/mol. The summed E-state index contributed by atoms with van der Waals surface area (Å²) in [6, 6.07) is 7.22. The fraction of sp³-hybridized carbons (Fsp3) is 0.412. The second-order valence-electron chi connectivity index (χ2n) is 6.28. The number of anilines is 1. The molecule has 3 rings (SSSR count). The van der Waals surface area contributed by atoms with Gasteiger partial charge in [-0.05, 0) is 39.0 Å². The summed E-state index contributed by atoms with van der Waals surface area (Å²) in [6.45, 7) is 7.15. The average molecular weight is 284 g/mol. The highest BCUT2D eigenvalue weighted by Crippen LogP contribution is 2.39. The minimum Gasteiger partial charge on any atom is -0.366 e. The molecule has 0 aliphatic carbocycles. The van der Waals surface area contributed by atoms with Crippen molar-refractivity contribution >= 4 is 22.4 Å². The van der Waals surface area contributed by atoms with E-state index in [4.69, 9.17) is 0 Å². The molecule has 110 valence electrons. The van der Waals surface area contributed by atoms with E-state index < -0.39 is 0 Å². The van der Waals surface area contributed by atoms with Crippen LogP contribution in [-0.4, -0.2) is 22.4 Å². The van der Waals surface area contributed by atoms with Crippen molar-refractivity contribution in [1.29, 1.82) is 0 Å². The Balaban J connectivity index is 2.39. The molecule has 0 saturated carbocycles. The number of nitrogens with zero attached hydrogens (tertiary/aromatic N) is 2. The third kappa shape index (κ3) is 1.89.